The lowest BCUT2D eigenvalue weighted by Gasteiger charge is -2.02. The molecule has 1 aromatic heterocycles. The molecule has 1 heterocycles. The van der Waals surface area contributed by atoms with Gasteiger partial charge in [0.25, 0.3) is 0 Å². The molecule has 0 aliphatic heterocycles. The second-order valence-electron chi connectivity index (χ2n) is 2.02. The summed E-state index contributed by atoms with van der Waals surface area (Å²) in [6.45, 7) is 1.99. The molecule has 0 atom stereocenters. The summed E-state index contributed by atoms with van der Waals surface area (Å²) in [5.41, 5.74) is 2.15. The van der Waals surface area contributed by atoms with Crippen molar-refractivity contribution in [2.75, 3.05) is 12.4 Å². The Labute approximate surface area is 74.2 Å². The second kappa shape index (κ2) is 3.18. The number of anilines is 1. The Hall–Kier alpha value is -0.320. The molecule has 2 nitrogen and oxygen atoms in total. The lowest BCUT2D eigenvalue weighted by Crippen LogP contribution is -1.94. The van der Waals surface area contributed by atoms with Crippen molar-refractivity contribution in [2.45, 2.75) is 6.92 Å². The third kappa shape index (κ3) is 1.59. The minimum absolute atomic E-state index is 1.04. The monoisotopic (exact) mass is 248 g/mol. The van der Waals surface area contributed by atoms with E-state index in [-0.39, 0.29) is 0 Å². The van der Waals surface area contributed by atoms with Crippen LogP contribution in [0.1, 0.15) is 5.69 Å². The van der Waals surface area contributed by atoms with E-state index in [9.17, 15) is 0 Å². The highest BCUT2D eigenvalue weighted by atomic mass is 127. The summed E-state index contributed by atoms with van der Waals surface area (Å²) in [7, 11) is 1.90. The third-order valence-corrected chi connectivity index (χ3v) is 1.92. The van der Waals surface area contributed by atoms with Crippen LogP contribution >= 0.6 is 22.6 Å². The SMILES string of the molecule is CNc1ccc(I)nc1C. The van der Waals surface area contributed by atoms with Gasteiger partial charge in [-0.2, -0.15) is 0 Å². The zero-order valence-electron chi connectivity index (χ0n) is 5.98. The molecule has 1 aromatic rings. The molecule has 0 amide bonds. The van der Waals surface area contributed by atoms with E-state index < -0.39 is 0 Å². The topological polar surface area (TPSA) is 24.9 Å². The van der Waals surface area contributed by atoms with Gasteiger partial charge < -0.3 is 5.32 Å². The molecule has 0 saturated heterocycles. The summed E-state index contributed by atoms with van der Waals surface area (Å²) in [5.74, 6) is 0. The first-order valence-corrected chi connectivity index (χ1v) is 4.13. The highest BCUT2D eigenvalue weighted by Crippen LogP contribution is 2.12. The second-order valence-corrected chi connectivity index (χ2v) is 3.12. The van der Waals surface area contributed by atoms with Gasteiger partial charge in [-0.15, -0.1) is 0 Å². The van der Waals surface area contributed by atoms with E-state index >= 15 is 0 Å². The molecule has 0 aromatic carbocycles. The van der Waals surface area contributed by atoms with Crippen LogP contribution in [0.25, 0.3) is 0 Å². The number of nitrogens with one attached hydrogen (secondary N) is 1. The predicted molar refractivity (Wildman–Crippen MR) is 51.2 cm³/mol. The maximum Gasteiger partial charge on any atom is 0.101 e. The summed E-state index contributed by atoms with van der Waals surface area (Å²) in [6, 6.07) is 4.02. The molecule has 0 aliphatic rings. The lowest BCUT2D eigenvalue weighted by molar-refractivity contribution is 1.16. The van der Waals surface area contributed by atoms with Crippen molar-refractivity contribution in [1.82, 2.24) is 4.98 Å². The highest BCUT2D eigenvalue weighted by Gasteiger charge is 1.95. The van der Waals surface area contributed by atoms with E-state index in [0.29, 0.717) is 0 Å². The molecule has 54 valence electrons. The number of rotatable bonds is 1. The molecule has 0 spiro atoms. The van der Waals surface area contributed by atoms with Crippen LogP contribution in [0.15, 0.2) is 12.1 Å². The summed E-state index contributed by atoms with van der Waals surface area (Å²) < 4.78 is 1.04. The van der Waals surface area contributed by atoms with Crippen LogP contribution in [0.2, 0.25) is 0 Å². The molecule has 0 saturated carbocycles. The normalized spacial score (nSPS) is 9.50. The lowest BCUT2D eigenvalue weighted by atomic mass is 10.3. The van der Waals surface area contributed by atoms with Crippen LogP contribution in [0, 0.1) is 10.6 Å². The molecule has 0 fully saturated rings. The Balaban J connectivity index is 3.07. The van der Waals surface area contributed by atoms with Crippen molar-refractivity contribution in [3.63, 3.8) is 0 Å². The van der Waals surface area contributed by atoms with E-state index in [0.717, 1.165) is 15.1 Å². The molecular weight excluding hydrogens is 239 g/mol. The van der Waals surface area contributed by atoms with Crippen molar-refractivity contribution >= 4 is 28.3 Å². The number of aryl methyl sites for hydroxylation is 1. The van der Waals surface area contributed by atoms with Crippen molar-refractivity contribution in [3.05, 3.63) is 21.5 Å². The zero-order valence-corrected chi connectivity index (χ0v) is 8.14. The summed E-state index contributed by atoms with van der Waals surface area (Å²) in [4.78, 5) is 4.27. The number of hydrogen-bond acceptors (Lipinski definition) is 2. The van der Waals surface area contributed by atoms with Crippen LogP contribution in [-0.2, 0) is 0 Å². The summed E-state index contributed by atoms with van der Waals surface area (Å²) in [5, 5.41) is 3.06. The largest absolute Gasteiger partial charge is 0.387 e. The Morgan fingerprint density at radius 3 is 2.70 bits per heavy atom. The van der Waals surface area contributed by atoms with Crippen LogP contribution in [0.5, 0.6) is 0 Å². The van der Waals surface area contributed by atoms with E-state index in [4.69, 9.17) is 0 Å². The number of aromatic nitrogens is 1. The molecular formula is C7H9IN2. The molecule has 1 N–H and O–H groups in total. The van der Waals surface area contributed by atoms with Gasteiger partial charge in [-0.3, -0.25) is 0 Å². The summed E-state index contributed by atoms with van der Waals surface area (Å²) >= 11 is 2.20. The van der Waals surface area contributed by atoms with Crippen LogP contribution in [0.3, 0.4) is 0 Å². The maximum atomic E-state index is 4.27. The molecule has 3 heteroatoms. The van der Waals surface area contributed by atoms with Gasteiger partial charge in [-0.05, 0) is 41.6 Å². The first kappa shape index (κ1) is 7.78. The standard InChI is InChI=1S/C7H9IN2/c1-5-6(9-2)3-4-7(8)10-5/h3-4,9H,1-2H3. The molecule has 0 aliphatic carbocycles. The van der Waals surface area contributed by atoms with Gasteiger partial charge in [0, 0.05) is 7.05 Å². The maximum absolute atomic E-state index is 4.27. The quantitative estimate of drug-likeness (QED) is 0.607. The molecule has 0 unspecified atom stereocenters. The Kier molecular flexibility index (Phi) is 2.48. The van der Waals surface area contributed by atoms with Gasteiger partial charge in [0.15, 0.2) is 0 Å². The van der Waals surface area contributed by atoms with Gasteiger partial charge >= 0.3 is 0 Å². The van der Waals surface area contributed by atoms with E-state index in [1.54, 1.807) is 0 Å². The van der Waals surface area contributed by atoms with Gasteiger partial charge in [0.1, 0.15) is 3.70 Å². The van der Waals surface area contributed by atoms with Gasteiger partial charge in [-0.1, -0.05) is 0 Å². The van der Waals surface area contributed by atoms with E-state index in [1.807, 2.05) is 26.1 Å². The minimum atomic E-state index is 1.04. The molecule has 0 radical (unpaired) electrons. The average Bonchev–Trinajstić information content (AvgIpc) is 1.88. The smallest absolute Gasteiger partial charge is 0.101 e. The first-order chi connectivity index (χ1) is 4.74. The fourth-order valence-corrected chi connectivity index (χ4v) is 1.34. The minimum Gasteiger partial charge on any atom is -0.387 e. The Morgan fingerprint density at radius 2 is 2.20 bits per heavy atom. The van der Waals surface area contributed by atoms with E-state index in [1.165, 1.54) is 0 Å². The average molecular weight is 248 g/mol. The van der Waals surface area contributed by atoms with Crippen LogP contribution in [-0.4, -0.2) is 12.0 Å². The molecule has 10 heavy (non-hydrogen) atoms. The molecule has 0 bridgehead atoms. The van der Waals surface area contributed by atoms with Gasteiger partial charge in [-0.25, -0.2) is 4.98 Å². The third-order valence-electron chi connectivity index (χ3n) is 1.32. The number of pyridine rings is 1. The number of halogens is 1. The molecule has 1 rings (SSSR count). The fraction of sp³-hybridized carbons (Fsp3) is 0.286. The van der Waals surface area contributed by atoms with Crippen molar-refractivity contribution in [1.29, 1.82) is 0 Å². The van der Waals surface area contributed by atoms with Crippen LogP contribution < -0.4 is 5.32 Å². The van der Waals surface area contributed by atoms with Gasteiger partial charge in [0.2, 0.25) is 0 Å². The number of nitrogens with zero attached hydrogens (tertiary/aromatic N) is 1. The fourth-order valence-electron chi connectivity index (χ4n) is 0.795. The van der Waals surface area contributed by atoms with Crippen molar-refractivity contribution in [2.24, 2.45) is 0 Å². The van der Waals surface area contributed by atoms with Crippen LogP contribution in [0.4, 0.5) is 5.69 Å². The first-order valence-electron chi connectivity index (χ1n) is 3.05. The van der Waals surface area contributed by atoms with Crippen molar-refractivity contribution < 1.29 is 0 Å². The number of hydrogen-bond donors (Lipinski definition) is 1. The van der Waals surface area contributed by atoms with E-state index in [2.05, 4.69) is 32.9 Å². The van der Waals surface area contributed by atoms with Crippen molar-refractivity contribution in [3.8, 4) is 0 Å². The zero-order chi connectivity index (χ0) is 7.56. The summed E-state index contributed by atoms with van der Waals surface area (Å²) in [6.07, 6.45) is 0. The Bertz CT molecular complexity index is 235. The van der Waals surface area contributed by atoms with Gasteiger partial charge in [0.05, 0.1) is 11.4 Å². The highest BCUT2D eigenvalue weighted by molar-refractivity contribution is 14.1. The predicted octanol–water partition coefficient (Wildman–Crippen LogP) is 2.04. The Morgan fingerprint density at radius 1 is 1.50 bits per heavy atom.